The number of hydrogen-bond acceptors (Lipinski definition) is 7. The van der Waals surface area contributed by atoms with E-state index in [1.807, 2.05) is 12.3 Å². The van der Waals surface area contributed by atoms with Crippen LogP contribution in [0.3, 0.4) is 0 Å². The SMILES string of the molecule is CCOC(=O)Cn1c(SC)nc2sc3c(c2c1=O)CCN(Cc1ccccc1)C3. The van der Waals surface area contributed by atoms with Crippen LogP contribution in [0.15, 0.2) is 40.3 Å². The Morgan fingerprint density at radius 3 is 2.83 bits per heavy atom. The van der Waals surface area contributed by atoms with Gasteiger partial charge in [-0.2, -0.15) is 0 Å². The number of rotatable bonds is 6. The molecule has 152 valence electrons. The van der Waals surface area contributed by atoms with Gasteiger partial charge in [-0.15, -0.1) is 11.3 Å². The lowest BCUT2D eigenvalue weighted by molar-refractivity contribution is -0.144. The summed E-state index contributed by atoms with van der Waals surface area (Å²) in [6, 6.07) is 10.4. The lowest BCUT2D eigenvalue weighted by Gasteiger charge is -2.26. The molecular formula is C21H23N3O3S2. The first-order valence-corrected chi connectivity index (χ1v) is 11.7. The normalized spacial score (nSPS) is 14.1. The number of hydrogen-bond donors (Lipinski definition) is 0. The molecule has 0 radical (unpaired) electrons. The average molecular weight is 430 g/mol. The predicted octanol–water partition coefficient (Wildman–Crippen LogP) is 3.30. The number of aromatic nitrogens is 2. The van der Waals surface area contributed by atoms with Crippen LogP contribution in [-0.4, -0.2) is 39.8 Å². The van der Waals surface area contributed by atoms with Crippen LogP contribution in [0.5, 0.6) is 0 Å². The van der Waals surface area contributed by atoms with Gasteiger partial charge in [0.25, 0.3) is 5.56 Å². The highest BCUT2D eigenvalue weighted by molar-refractivity contribution is 7.98. The number of thiophene rings is 1. The summed E-state index contributed by atoms with van der Waals surface area (Å²) in [6.45, 7) is 4.56. The second-order valence-electron chi connectivity index (χ2n) is 6.93. The first-order chi connectivity index (χ1) is 14.1. The number of carbonyl (C=O) groups is 1. The minimum absolute atomic E-state index is 0.101. The van der Waals surface area contributed by atoms with Crippen molar-refractivity contribution < 1.29 is 9.53 Å². The molecule has 1 aliphatic heterocycles. The molecular weight excluding hydrogens is 406 g/mol. The van der Waals surface area contributed by atoms with Crippen molar-refractivity contribution in [1.82, 2.24) is 14.5 Å². The molecule has 2 aromatic heterocycles. The summed E-state index contributed by atoms with van der Waals surface area (Å²) >= 11 is 2.97. The highest BCUT2D eigenvalue weighted by Gasteiger charge is 2.25. The number of nitrogens with zero attached hydrogens (tertiary/aromatic N) is 3. The first-order valence-electron chi connectivity index (χ1n) is 9.61. The van der Waals surface area contributed by atoms with Gasteiger partial charge in [0, 0.05) is 24.5 Å². The van der Waals surface area contributed by atoms with E-state index >= 15 is 0 Å². The largest absolute Gasteiger partial charge is 0.465 e. The number of carbonyl (C=O) groups excluding carboxylic acids is 1. The molecule has 29 heavy (non-hydrogen) atoms. The molecule has 0 unspecified atom stereocenters. The Kier molecular flexibility index (Phi) is 6.03. The van der Waals surface area contributed by atoms with Crippen LogP contribution in [0.1, 0.15) is 22.9 Å². The minimum atomic E-state index is -0.413. The molecule has 0 aliphatic carbocycles. The first kappa shape index (κ1) is 20.1. The van der Waals surface area contributed by atoms with E-state index in [4.69, 9.17) is 9.72 Å². The molecule has 0 bridgehead atoms. The van der Waals surface area contributed by atoms with Crippen molar-refractivity contribution in [3.63, 3.8) is 0 Å². The standard InChI is InChI=1S/C21H23N3O3S2/c1-3-27-17(25)13-24-20(26)18-15-9-10-23(11-14-7-5-4-6-8-14)12-16(15)29-19(18)22-21(24)28-2/h4-8H,3,9-13H2,1-2H3. The van der Waals surface area contributed by atoms with Crippen LogP contribution in [-0.2, 0) is 35.6 Å². The number of benzene rings is 1. The van der Waals surface area contributed by atoms with Gasteiger partial charge in [-0.3, -0.25) is 19.1 Å². The van der Waals surface area contributed by atoms with Crippen molar-refractivity contribution in [2.45, 2.75) is 38.1 Å². The average Bonchev–Trinajstić information content (AvgIpc) is 3.08. The fourth-order valence-corrected chi connectivity index (χ4v) is 5.58. The summed E-state index contributed by atoms with van der Waals surface area (Å²) < 4.78 is 6.49. The second kappa shape index (κ2) is 8.69. The zero-order valence-electron chi connectivity index (χ0n) is 16.5. The van der Waals surface area contributed by atoms with Gasteiger partial charge in [-0.1, -0.05) is 42.1 Å². The van der Waals surface area contributed by atoms with Crippen LogP contribution in [0.25, 0.3) is 10.2 Å². The second-order valence-corrected chi connectivity index (χ2v) is 8.78. The third-order valence-electron chi connectivity index (χ3n) is 5.03. The van der Waals surface area contributed by atoms with Crippen molar-refractivity contribution in [2.24, 2.45) is 0 Å². The van der Waals surface area contributed by atoms with E-state index < -0.39 is 5.97 Å². The summed E-state index contributed by atoms with van der Waals surface area (Å²) in [5.41, 5.74) is 2.25. The van der Waals surface area contributed by atoms with E-state index in [1.54, 1.807) is 18.3 Å². The molecule has 0 saturated heterocycles. The molecule has 0 atom stereocenters. The molecule has 0 fully saturated rings. The summed E-state index contributed by atoms with van der Waals surface area (Å²) in [5.74, 6) is -0.413. The Hall–Kier alpha value is -2.16. The quantitative estimate of drug-likeness (QED) is 0.340. The Bertz CT molecular complexity index is 1090. The van der Waals surface area contributed by atoms with Crippen LogP contribution in [0.2, 0.25) is 0 Å². The molecule has 1 aromatic carbocycles. The van der Waals surface area contributed by atoms with Crippen LogP contribution < -0.4 is 5.56 Å². The third-order valence-corrected chi connectivity index (χ3v) is 6.82. The third kappa shape index (κ3) is 4.10. The zero-order valence-corrected chi connectivity index (χ0v) is 18.1. The van der Waals surface area contributed by atoms with Crippen molar-refractivity contribution >= 4 is 39.3 Å². The van der Waals surface area contributed by atoms with Gasteiger partial charge < -0.3 is 4.74 Å². The van der Waals surface area contributed by atoms with E-state index in [0.29, 0.717) is 17.1 Å². The maximum atomic E-state index is 13.2. The number of esters is 1. The van der Waals surface area contributed by atoms with Gasteiger partial charge in [0.05, 0.1) is 12.0 Å². The van der Waals surface area contributed by atoms with E-state index in [0.717, 1.165) is 36.4 Å². The highest BCUT2D eigenvalue weighted by atomic mass is 32.2. The Balaban J connectivity index is 1.67. The molecule has 1 aliphatic rings. The zero-order chi connectivity index (χ0) is 20.4. The van der Waals surface area contributed by atoms with E-state index in [1.165, 1.54) is 26.8 Å². The molecule has 0 saturated carbocycles. The smallest absolute Gasteiger partial charge is 0.326 e. The summed E-state index contributed by atoms with van der Waals surface area (Å²) in [6.07, 6.45) is 2.68. The Labute approximate surface area is 177 Å². The lowest BCUT2D eigenvalue weighted by atomic mass is 10.0. The van der Waals surface area contributed by atoms with E-state index in [2.05, 4.69) is 29.2 Å². The lowest BCUT2D eigenvalue weighted by Crippen LogP contribution is -2.31. The van der Waals surface area contributed by atoms with E-state index in [9.17, 15) is 9.59 Å². The predicted molar refractivity (Wildman–Crippen MR) is 117 cm³/mol. The molecule has 3 heterocycles. The highest BCUT2D eigenvalue weighted by Crippen LogP contribution is 2.33. The number of ether oxygens (including phenoxy) is 1. The van der Waals surface area contributed by atoms with Gasteiger partial charge in [0.1, 0.15) is 11.4 Å². The molecule has 6 nitrogen and oxygen atoms in total. The summed E-state index contributed by atoms with van der Waals surface area (Å²) in [5, 5.41) is 1.22. The van der Waals surface area contributed by atoms with Gasteiger partial charge in [0.2, 0.25) is 0 Å². The van der Waals surface area contributed by atoms with Crippen molar-refractivity contribution in [3.8, 4) is 0 Å². The van der Waals surface area contributed by atoms with Gasteiger partial charge >= 0.3 is 5.97 Å². The van der Waals surface area contributed by atoms with E-state index in [-0.39, 0.29) is 12.1 Å². The number of fused-ring (bicyclic) bond motifs is 3. The van der Waals surface area contributed by atoms with Crippen LogP contribution in [0, 0.1) is 0 Å². The number of thioether (sulfide) groups is 1. The maximum absolute atomic E-state index is 13.2. The van der Waals surface area contributed by atoms with Gasteiger partial charge in [0.15, 0.2) is 5.16 Å². The fourth-order valence-electron chi connectivity index (χ4n) is 3.72. The maximum Gasteiger partial charge on any atom is 0.326 e. The molecule has 8 heteroatoms. The van der Waals surface area contributed by atoms with Gasteiger partial charge in [-0.25, -0.2) is 4.98 Å². The molecule has 0 amide bonds. The van der Waals surface area contributed by atoms with Crippen molar-refractivity contribution in [1.29, 1.82) is 0 Å². The Morgan fingerprint density at radius 2 is 2.10 bits per heavy atom. The molecule has 0 spiro atoms. The summed E-state index contributed by atoms with van der Waals surface area (Å²) in [4.78, 5) is 34.3. The fraction of sp³-hybridized carbons (Fsp3) is 0.381. The molecule has 0 N–H and O–H groups in total. The van der Waals surface area contributed by atoms with Gasteiger partial charge in [-0.05, 0) is 30.7 Å². The van der Waals surface area contributed by atoms with Crippen LogP contribution in [0.4, 0.5) is 0 Å². The molecule has 3 aromatic rings. The van der Waals surface area contributed by atoms with Crippen molar-refractivity contribution in [2.75, 3.05) is 19.4 Å². The molecule has 4 rings (SSSR count). The Morgan fingerprint density at radius 1 is 1.31 bits per heavy atom. The monoisotopic (exact) mass is 429 g/mol. The van der Waals surface area contributed by atoms with Crippen molar-refractivity contribution in [3.05, 3.63) is 56.7 Å². The van der Waals surface area contributed by atoms with Crippen LogP contribution >= 0.6 is 23.1 Å². The summed E-state index contributed by atoms with van der Waals surface area (Å²) in [7, 11) is 0. The minimum Gasteiger partial charge on any atom is -0.465 e. The topological polar surface area (TPSA) is 64.4 Å².